The minimum Gasteiger partial charge on any atom is -0.311 e. The van der Waals surface area contributed by atoms with E-state index in [1.54, 1.807) is 0 Å². The third-order valence-electron chi connectivity index (χ3n) is 19.0. The summed E-state index contributed by atoms with van der Waals surface area (Å²) in [4.78, 5) is 6.88. The van der Waals surface area contributed by atoms with Gasteiger partial charge in [-0.2, -0.15) is 0 Å². The predicted molar refractivity (Wildman–Crippen MR) is 420 cm³/mol. The van der Waals surface area contributed by atoms with Crippen molar-refractivity contribution in [3.8, 4) is 106 Å². The number of anilines is 3. The van der Waals surface area contributed by atoms with E-state index >= 15 is 0 Å². The third kappa shape index (κ3) is 14.8. The zero-order valence-electron chi connectivity index (χ0n) is 56.4. The largest absolute Gasteiger partial charge is 0.311 e. The van der Waals surface area contributed by atoms with Gasteiger partial charge in [0.05, 0.1) is 11.0 Å². The van der Waals surface area contributed by atoms with E-state index in [0.717, 1.165) is 50.7 Å². The predicted octanol–water partition coefficient (Wildman–Crippen LogP) is 26.6. The summed E-state index contributed by atoms with van der Waals surface area (Å²) < 4.78 is 2.39. The number of benzene rings is 14. The van der Waals surface area contributed by atoms with E-state index in [1.807, 2.05) is 12.3 Å². The standard InChI is InChI=1S/C72H50N2.C24H26N.Ir/c1-3-16-51(17-4-1)56-20-11-24-60(46-56)62-26-13-22-58(48-62)53-34-40-65(41-35-53)73(66-42-36-54(37-43-66)59-23-14-27-63(49-59)61-25-12-21-57(47-61)52-18-5-2-6-19-52)67-44-38-55(39-45-67)64-28-15-29-68(50-64)74-71-32-9-7-30-69(71)70-31-8-10-33-72(70)74;1-3-4-5-6-8-20-12-14-21(15-13-20)22-9-7-10-23(17-22)24-16-11-19(2)18-25-24;/h1-50H;7,9,11-18H,3-6,8H2,1-2H3;/q;-1;. The molecule has 0 fully saturated rings. The molecule has 2 aromatic heterocycles. The number of fused-ring (bicyclic) bond motifs is 3. The Morgan fingerprint density at radius 3 is 1.12 bits per heavy atom. The second kappa shape index (κ2) is 30.9. The first kappa shape index (κ1) is 65.8. The zero-order valence-corrected chi connectivity index (χ0v) is 58.7. The summed E-state index contributed by atoms with van der Waals surface area (Å²) in [6.45, 7) is 4.31. The van der Waals surface area contributed by atoms with Gasteiger partial charge in [0.1, 0.15) is 0 Å². The first-order chi connectivity index (χ1) is 48.9. The number of rotatable bonds is 18. The van der Waals surface area contributed by atoms with Gasteiger partial charge in [-0.15, -0.1) is 35.4 Å². The summed E-state index contributed by atoms with van der Waals surface area (Å²) in [6.07, 6.45) is 8.34. The molecule has 0 aliphatic heterocycles. The Balaban J connectivity index is 0.000000276. The van der Waals surface area contributed by atoms with Gasteiger partial charge < -0.3 is 14.5 Å². The van der Waals surface area contributed by atoms with Crippen molar-refractivity contribution in [2.75, 3.05) is 4.90 Å². The molecule has 485 valence electrons. The molecule has 0 aliphatic carbocycles. The molecule has 0 aliphatic rings. The van der Waals surface area contributed by atoms with Crippen LogP contribution >= 0.6 is 0 Å². The van der Waals surface area contributed by atoms with E-state index in [4.69, 9.17) is 0 Å². The van der Waals surface area contributed by atoms with Crippen LogP contribution in [0.5, 0.6) is 0 Å². The van der Waals surface area contributed by atoms with Gasteiger partial charge in [0.25, 0.3) is 0 Å². The Labute approximate surface area is 602 Å². The average Bonchev–Trinajstić information content (AvgIpc) is 1.58. The van der Waals surface area contributed by atoms with E-state index in [-0.39, 0.29) is 20.1 Å². The molecule has 1 radical (unpaired) electrons. The molecule has 2 heterocycles. The molecule has 16 aromatic rings. The third-order valence-corrected chi connectivity index (χ3v) is 19.0. The van der Waals surface area contributed by atoms with Crippen LogP contribution in [0.1, 0.15) is 43.7 Å². The first-order valence-corrected chi connectivity index (χ1v) is 34.7. The molecule has 0 saturated carbocycles. The van der Waals surface area contributed by atoms with E-state index in [2.05, 4.69) is 386 Å². The van der Waals surface area contributed by atoms with Crippen molar-refractivity contribution in [3.63, 3.8) is 0 Å². The van der Waals surface area contributed by atoms with Gasteiger partial charge >= 0.3 is 0 Å². The van der Waals surface area contributed by atoms with Gasteiger partial charge in [0, 0.05) is 59.8 Å². The number of nitrogens with zero attached hydrogens (tertiary/aromatic N) is 3. The van der Waals surface area contributed by atoms with Crippen LogP contribution in [-0.2, 0) is 26.5 Å². The molecule has 0 bridgehead atoms. The Kier molecular flexibility index (Phi) is 20.3. The molecule has 0 unspecified atom stereocenters. The van der Waals surface area contributed by atoms with Gasteiger partial charge in [0.2, 0.25) is 0 Å². The minimum absolute atomic E-state index is 0. The summed E-state index contributed by atoms with van der Waals surface area (Å²) in [6, 6.07) is 133. The van der Waals surface area contributed by atoms with Crippen LogP contribution in [0.2, 0.25) is 0 Å². The van der Waals surface area contributed by atoms with Gasteiger partial charge in [-0.25, -0.2) is 0 Å². The molecule has 100 heavy (non-hydrogen) atoms. The maximum absolute atomic E-state index is 4.51. The molecule has 0 atom stereocenters. The van der Waals surface area contributed by atoms with Gasteiger partial charge in [0.15, 0.2) is 0 Å². The number of pyridine rings is 1. The number of hydrogen-bond acceptors (Lipinski definition) is 2. The van der Waals surface area contributed by atoms with Gasteiger partial charge in [-0.05, 0) is 205 Å². The van der Waals surface area contributed by atoms with Crippen LogP contribution in [0.15, 0.2) is 364 Å². The fraction of sp³-hybridized carbons (Fsp3) is 0.0729. The Morgan fingerprint density at radius 1 is 0.320 bits per heavy atom. The number of aryl methyl sites for hydroxylation is 2. The first-order valence-electron chi connectivity index (χ1n) is 34.7. The molecule has 0 spiro atoms. The number of aromatic nitrogens is 2. The minimum atomic E-state index is 0. The molecular formula is C96H76IrN3-. The number of hydrogen-bond donors (Lipinski definition) is 0. The summed E-state index contributed by atoms with van der Waals surface area (Å²) in [5.41, 5.74) is 30.5. The van der Waals surface area contributed by atoms with Crippen LogP contribution in [0.3, 0.4) is 0 Å². The Bertz CT molecular complexity index is 5170. The molecule has 4 heteroatoms. The monoisotopic (exact) mass is 1460 g/mol. The topological polar surface area (TPSA) is 21.1 Å². The summed E-state index contributed by atoms with van der Waals surface area (Å²) in [5.74, 6) is 0. The van der Waals surface area contributed by atoms with Crippen LogP contribution in [0, 0.1) is 13.0 Å². The fourth-order valence-corrected chi connectivity index (χ4v) is 13.7. The molecule has 3 nitrogen and oxygen atoms in total. The maximum atomic E-state index is 4.51. The van der Waals surface area contributed by atoms with Crippen LogP contribution < -0.4 is 4.90 Å². The second-order valence-corrected chi connectivity index (χ2v) is 25.7. The maximum Gasteiger partial charge on any atom is 0.0541 e. The average molecular weight is 1460 g/mol. The van der Waals surface area contributed by atoms with Crippen molar-refractivity contribution < 1.29 is 20.1 Å². The normalized spacial score (nSPS) is 11.0. The van der Waals surface area contributed by atoms with Gasteiger partial charge in [-0.1, -0.05) is 281 Å². The van der Waals surface area contributed by atoms with Crippen molar-refractivity contribution in [1.82, 2.24) is 9.55 Å². The molecule has 0 amide bonds. The number of unbranched alkanes of at least 4 members (excludes halogenated alkanes) is 3. The van der Waals surface area contributed by atoms with E-state index in [9.17, 15) is 0 Å². The molecular weight excluding hydrogens is 1390 g/mol. The molecule has 0 N–H and O–H groups in total. The second-order valence-electron chi connectivity index (χ2n) is 25.7. The van der Waals surface area contributed by atoms with Crippen LogP contribution in [0.4, 0.5) is 17.1 Å². The molecule has 16 rings (SSSR count). The number of para-hydroxylation sites is 2. The van der Waals surface area contributed by atoms with E-state index in [0.29, 0.717) is 0 Å². The van der Waals surface area contributed by atoms with Crippen molar-refractivity contribution in [2.24, 2.45) is 0 Å². The SMILES string of the molecule is CCCCCCc1ccc(-c2cc[c-]c(-c3ccc(C)cn3)c2)cc1.[Ir].c1ccc(-c2cccc(-c3cccc(-c4ccc(N(c5ccc(-c6cccc(-c7cccc(-c8ccccc8)c7)c6)cc5)c5ccc(-c6cccc(-n7c8ccccc8c8ccccc87)c6)cc5)cc4)c3)c2)cc1. The Hall–Kier alpha value is -11.5. The van der Waals surface area contributed by atoms with E-state index < -0.39 is 0 Å². The van der Waals surface area contributed by atoms with Crippen LogP contribution in [-0.4, -0.2) is 9.55 Å². The summed E-state index contributed by atoms with van der Waals surface area (Å²) in [5, 5.41) is 2.52. The fourth-order valence-electron chi connectivity index (χ4n) is 13.7. The van der Waals surface area contributed by atoms with Crippen molar-refractivity contribution in [2.45, 2.75) is 46.0 Å². The van der Waals surface area contributed by atoms with Crippen LogP contribution in [0.25, 0.3) is 128 Å². The molecule has 0 saturated heterocycles. The van der Waals surface area contributed by atoms with Crippen molar-refractivity contribution in [1.29, 1.82) is 0 Å². The van der Waals surface area contributed by atoms with Crippen molar-refractivity contribution >= 4 is 38.9 Å². The van der Waals surface area contributed by atoms with Gasteiger partial charge in [-0.3, -0.25) is 0 Å². The Morgan fingerprint density at radius 2 is 0.690 bits per heavy atom. The quantitative estimate of drug-likeness (QED) is 0.0631. The summed E-state index contributed by atoms with van der Waals surface area (Å²) in [7, 11) is 0. The summed E-state index contributed by atoms with van der Waals surface area (Å²) >= 11 is 0. The smallest absolute Gasteiger partial charge is 0.0541 e. The van der Waals surface area contributed by atoms with Crippen molar-refractivity contribution in [3.05, 3.63) is 381 Å². The van der Waals surface area contributed by atoms with E-state index in [1.165, 1.54) is 137 Å². The molecule has 14 aromatic carbocycles. The zero-order chi connectivity index (χ0) is 66.7.